The number of alkyl halides is 3. The highest BCUT2D eigenvalue weighted by Crippen LogP contribution is 2.35. The number of likely N-dealkylation sites (tertiary alicyclic amines) is 2. The summed E-state index contributed by atoms with van der Waals surface area (Å²) in [7, 11) is 2.21. The number of benzene rings is 1. The molecule has 2 aromatic rings. The van der Waals surface area contributed by atoms with Gasteiger partial charge in [-0.15, -0.1) is 0 Å². The van der Waals surface area contributed by atoms with Gasteiger partial charge in [-0.25, -0.2) is 9.78 Å². The number of halogens is 3. The highest BCUT2D eigenvalue weighted by molar-refractivity contribution is 5.94. The summed E-state index contributed by atoms with van der Waals surface area (Å²) >= 11 is 0. The van der Waals surface area contributed by atoms with Crippen LogP contribution in [0.15, 0.2) is 43.0 Å². The molecule has 0 spiro atoms. The first-order valence-electron chi connectivity index (χ1n) is 9.85. The van der Waals surface area contributed by atoms with Crippen LogP contribution in [0.25, 0.3) is 0 Å². The van der Waals surface area contributed by atoms with E-state index < -0.39 is 12.1 Å². The minimum atomic E-state index is -5.08. The van der Waals surface area contributed by atoms with Crippen LogP contribution in [0.4, 0.5) is 13.2 Å². The van der Waals surface area contributed by atoms with Crippen LogP contribution in [0.2, 0.25) is 0 Å². The Balaban J connectivity index is 0.000000339. The van der Waals surface area contributed by atoms with Crippen LogP contribution >= 0.6 is 0 Å². The molecule has 0 bridgehead atoms. The molecule has 168 valence electrons. The van der Waals surface area contributed by atoms with Gasteiger partial charge in [0, 0.05) is 30.7 Å². The highest BCUT2D eigenvalue weighted by atomic mass is 19.4. The Morgan fingerprint density at radius 3 is 2.48 bits per heavy atom. The van der Waals surface area contributed by atoms with Crippen molar-refractivity contribution in [1.29, 1.82) is 0 Å². The molecule has 3 atom stereocenters. The molecule has 0 saturated carbocycles. The number of amides is 1. The summed E-state index contributed by atoms with van der Waals surface area (Å²) in [4.78, 5) is 30.1. The molecule has 1 aromatic heterocycles. The Kier molecular flexibility index (Phi) is 6.94. The van der Waals surface area contributed by atoms with Crippen molar-refractivity contribution < 1.29 is 27.9 Å². The van der Waals surface area contributed by atoms with Gasteiger partial charge in [0.1, 0.15) is 12.7 Å². The minimum absolute atomic E-state index is 0.163. The third-order valence-electron chi connectivity index (χ3n) is 5.78. The number of aromatic nitrogens is 3. The number of likely N-dealkylation sites (N-methyl/N-ethyl adjacent to an activating group) is 1. The van der Waals surface area contributed by atoms with E-state index in [0.29, 0.717) is 18.0 Å². The number of carboxylic acids is 1. The fourth-order valence-electron chi connectivity index (χ4n) is 4.27. The monoisotopic (exact) mass is 439 g/mol. The maximum Gasteiger partial charge on any atom is 0.490 e. The molecule has 0 aliphatic carbocycles. The zero-order valence-electron chi connectivity index (χ0n) is 16.9. The molecule has 2 saturated heterocycles. The first-order valence-corrected chi connectivity index (χ1v) is 9.85. The molecule has 31 heavy (non-hydrogen) atoms. The van der Waals surface area contributed by atoms with Crippen molar-refractivity contribution in [3.8, 4) is 0 Å². The second kappa shape index (κ2) is 9.46. The standard InChI is InChI=1S/C18H23N5O.C2HF3O2/c1-21-16(11-23-13-19-12-20-23)9-15-10-22(8-7-17(15)21)18(24)14-5-3-2-4-6-14;3-2(4,5)1(6)7/h2-6,12-13,15-17H,7-11H2,1H3;(H,6,7)/t15-,16+,17+;/m1./s1. The third-order valence-corrected chi connectivity index (χ3v) is 5.78. The van der Waals surface area contributed by atoms with Gasteiger partial charge in [0.05, 0.1) is 6.54 Å². The second-order valence-electron chi connectivity index (χ2n) is 7.71. The third kappa shape index (κ3) is 5.60. The van der Waals surface area contributed by atoms with Crippen LogP contribution in [-0.2, 0) is 11.3 Å². The molecule has 2 aliphatic rings. The van der Waals surface area contributed by atoms with Crippen molar-refractivity contribution in [1.82, 2.24) is 24.6 Å². The Bertz CT molecular complexity index is 876. The molecular weight excluding hydrogens is 415 g/mol. The molecule has 11 heteroatoms. The van der Waals surface area contributed by atoms with Crippen molar-refractivity contribution in [2.45, 2.75) is 37.6 Å². The number of carbonyl (C=O) groups excluding carboxylic acids is 1. The van der Waals surface area contributed by atoms with Crippen molar-refractivity contribution in [2.75, 3.05) is 20.1 Å². The van der Waals surface area contributed by atoms with Gasteiger partial charge in [0.15, 0.2) is 0 Å². The molecule has 0 unspecified atom stereocenters. The van der Waals surface area contributed by atoms with Gasteiger partial charge in [-0.2, -0.15) is 18.3 Å². The van der Waals surface area contributed by atoms with E-state index in [1.807, 2.05) is 39.9 Å². The number of aliphatic carboxylic acids is 1. The topological polar surface area (TPSA) is 91.6 Å². The lowest BCUT2D eigenvalue weighted by Gasteiger charge is -2.37. The molecule has 1 N–H and O–H groups in total. The fraction of sp³-hybridized carbons (Fsp3) is 0.500. The summed E-state index contributed by atoms with van der Waals surface area (Å²) in [5, 5.41) is 11.4. The van der Waals surface area contributed by atoms with E-state index in [1.54, 1.807) is 12.7 Å². The normalized spacial score (nSPS) is 23.6. The Hall–Kier alpha value is -2.95. The van der Waals surface area contributed by atoms with E-state index in [-0.39, 0.29) is 5.91 Å². The summed E-state index contributed by atoms with van der Waals surface area (Å²) in [6.45, 7) is 2.57. The van der Waals surface area contributed by atoms with Crippen LogP contribution in [-0.4, -0.2) is 79.9 Å². The van der Waals surface area contributed by atoms with E-state index in [0.717, 1.165) is 38.0 Å². The molecule has 1 aromatic carbocycles. The van der Waals surface area contributed by atoms with Crippen LogP contribution < -0.4 is 0 Å². The van der Waals surface area contributed by atoms with Crippen molar-refractivity contribution in [3.05, 3.63) is 48.5 Å². The van der Waals surface area contributed by atoms with Gasteiger partial charge in [0.25, 0.3) is 5.91 Å². The molecule has 1 amide bonds. The van der Waals surface area contributed by atoms with Crippen molar-refractivity contribution in [3.63, 3.8) is 0 Å². The molecule has 3 heterocycles. The molecule has 4 rings (SSSR count). The average Bonchev–Trinajstić information content (AvgIpc) is 3.36. The van der Waals surface area contributed by atoms with E-state index >= 15 is 0 Å². The number of hydrogen-bond acceptors (Lipinski definition) is 5. The van der Waals surface area contributed by atoms with Crippen LogP contribution in [0.5, 0.6) is 0 Å². The number of rotatable bonds is 3. The Labute approximate surface area is 177 Å². The predicted octanol–water partition coefficient (Wildman–Crippen LogP) is 2.15. The zero-order valence-corrected chi connectivity index (χ0v) is 16.9. The predicted molar refractivity (Wildman–Crippen MR) is 104 cm³/mol. The van der Waals surface area contributed by atoms with E-state index in [4.69, 9.17) is 9.90 Å². The number of hydrogen-bond donors (Lipinski definition) is 1. The number of carboxylic acid groups (broad SMARTS) is 1. The Morgan fingerprint density at radius 1 is 1.23 bits per heavy atom. The zero-order chi connectivity index (χ0) is 22.6. The SMILES string of the molecule is CN1[C@H](Cn2cncn2)C[C@@H]2CN(C(=O)c3ccccc3)CC[C@@H]21.O=C(O)C(F)(F)F. The van der Waals surface area contributed by atoms with Gasteiger partial charge >= 0.3 is 12.1 Å². The lowest BCUT2D eigenvalue weighted by molar-refractivity contribution is -0.192. The molecule has 0 radical (unpaired) electrons. The first-order chi connectivity index (χ1) is 14.7. The number of carbonyl (C=O) groups is 2. The largest absolute Gasteiger partial charge is 0.490 e. The molecule has 2 fully saturated rings. The minimum Gasteiger partial charge on any atom is -0.475 e. The van der Waals surface area contributed by atoms with E-state index in [2.05, 4.69) is 22.0 Å². The van der Waals surface area contributed by atoms with Gasteiger partial charge in [-0.3, -0.25) is 14.4 Å². The van der Waals surface area contributed by atoms with Crippen molar-refractivity contribution >= 4 is 11.9 Å². The number of fused-ring (bicyclic) bond motifs is 1. The number of piperidine rings is 1. The maximum absolute atomic E-state index is 12.7. The number of nitrogens with zero attached hydrogens (tertiary/aromatic N) is 5. The Morgan fingerprint density at radius 2 is 1.90 bits per heavy atom. The van der Waals surface area contributed by atoms with Crippen LogP contribution in [0.3, 0.4) is 0 Å². The highest BCUT2D eigenvalue weighted by Gasteiger charge is 2.43. The summed E-state index contributed by atoms with van der Waals surface area (Å²) < 4.78 is 33.6. The van der Waals surface area contributed by atoms with Gasteiger partial charge in [-0.1, -0.05) is 18.2 Å². The van der Waals surface area contributed by atoms with Crippen LogP contribution in [0, 0.1) is 5.92 Å². The quantitative estimate of drug-likeness (QED) is 0.788. The first kappa shape index (κ1) is 22.7. The summed E-state index contributed by atoms with van der Waals surface area (Å²) in [6, 6.07) is 10.6. The summed E-state index contributed by atoms with van der Waals surface area (Å²) in [6.07, 6.45) is 0.441. The molecular formula is C20H24F3N5O3. The lowest BCUT2D eigenvalue weighted by Crippen LogP contribution is -2.47. The van der Waals surface area contributed by atoms with E-state index in [9.17, 15) is 18.0 Å². The van der Waals surface area contributed by atoms with Gasteiger partial charge in [0.2, 0.25) is 0 Å². The lowest BCUT2D eigenvalue weighted by atomic mass is 9.91. The van der Waals surface area contributed by atoms with Gasteiger partial charge in [-0.05, 0) is 37.9 Å². The summed E-state index contributed by atoms with van der Waals surface area (Å²) in [5.41, 5.74) is 0.793. The van der Waals surface area contributed by atoms with Crippen molar-refractivity contribution in [2.24, 2.45) is 5.92 Å². The molecule has 8 nitrogen and oxygen atoms in total. The van der Waals surface area contributed by atoms with Crippen LogP contribution in [0.1, 0.15) is 23.2 Å². The second-order valence-corrected chi connectivity index (χ2v) is 7.71. The van der Waals surface area contributed by atoms with Gasteiger partial charge < -0.3 is 10.0 Å². The average molecular weight is 439 g/mol. The maximum atomic E-state index is 12.7. The smallest absolute Gasteiger partial charge is 0.475 e. The molecule has 2 aliphatic heterocycles. The van der Waals surface area contributed by atoms with E-state index in [1.165, 1.54) is 0 Å². The summed E-state index contributed by atoms with van der Waals surface area (Å²) in [5.74, 6) is -2.05. The fourth-order valence-corrected chi connectivity index (χ4v) is 4.27.